The van der Waals surface area contributed by atoms with E-state index >= 15 is 0 Å². The van der Waals surface area contributed by atoms with Crippen molar-refractivity contribution in [3.63, 3.8) is 0 Å². The Hall–Kier alpha value is -2.38. The van der Waals surface area contributed by atoms with Gasteiger partial charge in [0.1, 0.15) is 12.1 Å². The van der Waals surface area contributed by atoms with Gasteiger partial charge in [0.2, 0.25) is 0 Å². The molecule has 1 aromatic carbocycles. The van der Waals surface area contributed by atoms with Crippen LogP contribution in [0.15, 0.2) is 24.5 Å². The Labute approximate surface area is 189 Å². The lowest BCUT2D eigenvalue weighted by Gasteiger charge is -2.37. The molecule has 3 aromatic rings. The predicted octanol–water partition coefficient (Wildman–Crippen LogP) is 3.92. The lowest BCUT2D eigenvalue weighted by molar-refractivity contribution is 0.299. The van der Waals surface area contributed by atoms with E-state index in [1.807, 2.05) is 6.07 Å². The fourth-order valence-electron chi connectivity index (χ4n) is 4.42. The van der Waals surface area contributed by atoms with Gasteiger partial charge in [0.05, 0.1) is 11.1 Å². The van der Waals surface area contributed by atoms with Crippen LogP contribution < -0.4 is 9.80 Å². The van der Waals surface area contributed by atoms with Gasteiger partial charge in [-0.2, -0.15) is 5.10 Å². The smallest absolute Gasteiger partial charge is 0.160 e. The standard InChI is InChI=1S/C23H32ClN7/c1-4-29(5-2)10-6-7-19-21-22(28-27-19)25-16-26-23(21)31-13-11-30(12-14-31)20-15-18(24)9-8-17(20)3/h8-9,15-16H,4-7,10-14H2,1-3H3,(H,25,26,27,28). The van der Waals surface area contributed by atoms with Crippen molar-refractivity contribution < 1.29 is 0 Å². The number of nitrogens with zero attached hydrogens (tertiary/aromatic N) is 6. The van der Waals surface area contributed by atoms with Crippen LogP contribution in [0, 0.1) is 6.92 Å². The van der Waals surface area contributed by atoms with Gasteiger partial charge in [-0.15, -0.1) is 0 Å². The molecule has 0 radical (unpaired) electrons. The van der Waals surface area contributed by atoms with Gasteiger partial charge in [0.15, 0.2) is 5.65 Å². The van der Waals surface area contributed by atoms with Crippen LogP contribution in [0.5, 0.6) is 0 Å². The molecule has 0 bridgehead atoms. The molecule has 1 aliphatic rings. The average molecular weight is 442 g/mol. The van der Waals surface area contributed by atoms with Crippen LogP contribution in [0.1, 0.15) is 31.5 Å². The molecule has 7 nitrogen and oxygen atoms in total. The highest BCUT2D eigenvalue weighted by Gasteiger charge is 2.23. The van der Waals surface area contributed by atoms with Crippen LogP contribution in [0.4, 0.5) is 11.5 Å². The number of benzene rings is 1. The molecule has 1 fully saturated rings. The van der Waals surface area contributed by atoms with Crippen molar-refractivity contribution >= 4 is 34.1 Å². The fourth-order valence-corrected chi connectivity index (χ4v) is 4.58. The molecule has 0 spiro atoms. The Balaban J connectivity index is 1.48. The van der Waals surface area contributed by atoms with E-state index < -0.39 is 0 Å². The molecular weight excluding hydrogens is 410 g/mol. The number of nitrogens with one attached hydrogen (secondary N) is 1. The summed E-state index contributed by atoms with van der Waals surface area (Å²) in [5.41, 5.74) is 4.38. The lowest BCUT2D eigenvalue weighted by atomic mass is 10.1. The van der Waals surface area contributed by atoms with Gasteiger partial charge in [0, 0.05) is 36.9 Å². The van der Waals surface area contributed by atoms with Crippen LogP contribution in [0.25, 0.3) is 11.0 Å². The van der Waals surface area contributed by atoms with E-state index in [0.29, 0.717) is 0 Å². The second kappa shape index (κ2) is 9.83. The molecule has 0 unspecified atom stereocenters. The topological polar surface area (TPSA) is 64.2 Å². The third-order valence-electron chi connectivity index (χ3n) is 6.29. The van der Waals surface area contributed by atoms with Crippen LogP contribution >= 0.6 is 11.6 Å². The van der Waals surface area contributed by atoms with Crippen LogP contribution in [-0.2, 0) is 6.42 Å². The van der Waals surface area contributed by atoms with E-state index in [1.165, 1.54) is 11.3 Å². The van der Waals surface area contributed by atoms with Gasteiger partial charge in [0.25, 0.3) is 0 Å². The largest absolute Gasteiger partial charge is 0.368 e. The molecule has 0 amide bonds. The quantitative estimate of drug-likeness (QED) is 0.571. The first-order valence-electron chi connectivity index (χ1n) is 11.3. The Bertz CT molecular complexity index is 1010. The molecule has 3 heterocycles. The van der Waals surface area contributed by atoms with Crippen molar-refractivity contribution in [2.45, 2.75) is 33.6 Å². The molecule has 1 N–H and O–H groups in total. The highest BCUT2D eigenvalue weighted by Crippen LogP contribution is 2.29. The SMILES string of the molecule is CCN(CC)CCCc1n[nH]c2ncnc(N3CCN(c4cc(Cl)ccc4C)CC3)c12. The van der Waals surface area contributed by atoms with Gasteiger partial charge < -0.3 is 14.7 Å². The molecule has 0 atom stereocenters. The molecule has 31 heavy (non-hydrogen) atoms. The van der Waals surface area contributed by atoms with Gasteiger partial charge in [-0.1, -0.05) is 31.5 Å². The maximum absolute atomic E-state index is 6.24. The van der Waals surface area contributed by atoms with Crippen molar-refractivity contribution in [2.24, 2.45) is 0 Å². The Morgan fingerprint density at radius 1 is 1.06 bits per heavy atom. The number of H-pyrrole nitrogens is 1. The summed E-state index contributed by atoms with van der Waals surface area (Å²) in [6.07, 6.45) is 3.65. The molecule has 4 rings (SSSR count). The van der Waals surface area contributed by atoms with Gasteiger partial charge >= 0.3 is 0 Å². The van der Waals surface area contributed by atoms with Gasteiger partial charge in [-0.25, -0.2) is 9.97 Å². The molecule has 0 aliphatic carbocycles. The minimum atomic E-state index is 0.785. The lowest BCUT2D eigenvalue weighted by Crippen LogP contribution is -2.47. The van der Waals surface area contributed by atoms with E-state index in [4.69, 9.17) is 11.6 Å². The third-order valence-corrected chi connectivity index (χ3v) is 6.52. The molecule has 2 aromatic heterocycles. The number of aromatic amines is 1. The second-order valence-corrected chi connectivity index (χ2v) is 8.56. The summed E-state index contributed by atoms with van der Waals surface area (Å²) >= 11 is 6.24. The van der Waals surface area contributed by atoms with Gasteiger partial charge in [-0.3, -0.25) is 5.10 Å². The van der Waals surface area contributed by atoms with E-state index in [1.54, 1.807) is 6.33 Å². The molecule has 1 saturated heterocycles. The molecular formula is C23H32ClN7. The maximum Gasteiger partial charge on any atom is 0.160 e. The zero-order valence-corrected chi connectivity index (χ0v) is 19.5. The summed E-state index contributed by atoms with van der Waals surface area (Å²) in [5, 5.41) is 9.56. The summed E-state index contributed by atoms with van der Waals surface area (Å²) in [6, 6.07) is 6.11. The van der Waals surface area contributed by atoms with Gasteiger partial charge in [-0.05, 0) is 57.1 Å². The summed E-state index contributed by atoms with van der Waals surface area (Å²) in [4.78, 5) is 16.3. The summed E-state index contributed by atoms with van der Waals surface area (Å²) in [7, 11) is 0. The number of aryl methyl sites for hydroxylation is 2. The van der Waals surface area contributed by atoms with Crippen LogP contribution in [0.2, 0.25) is 5.02 Å². The normalized spacial score (nSPS) is 14.7. The first-order valence-corrected chi connectivity index (χ1v) is 11.6. The average Bonchev–Trinajstić information content (AvgIpc) is 3.22. The maximum atomic E-state index is 6.24. The van der Waals surface area contributed by atoms with Crippen molar-refractivity contribution in [3.05, 3.63) is 40.8 Å². The Kier molecular flexibility index (Phi) is 6.92. The van der Waals surface area contributed by atoms with Crippen LogP contribution in [-0.4, -0.2) is 70.9 Å². The fraction of sp³-hybridized carbons (Fsp3) is 0.522. The van der Waals surface area contributed by atoms with E-state index in [9.17, 15) is 0 Å². The predicted molar refractivity (Wildman–Crippen MR) is 128 cm³/mol. The van der Waals surface area contributed by atoms with Crippen LogP contribution in [0.3, 0.4) is 0 Å². The second-order valence-electron chi connectivity index (χ2n) is 8.13. The monoisotopic (exact) mass is 441 g/mol. The summed E-state index contributed by atoms with van der Waals surface area (Å²) in [6.45, 7) is 13.5. The number of aromatic nitrogens is 4. The molecule has 1 aliphatic heterocycles. The zero-order chi connectivity index (χ0) is 21.8. The number of hydrogen-bond donors (Lipinski definition) is 1. The minimum Gasteiger partial charge on any atom is -0.368 e. The summed E-state index contributed by atoms with van der Waals surface area (Å²) in [5.74, 6) is 0.999. The number of fused-ring (bicyclic) bond motifs is 1. The number of rotatable bonds is 8. The zero-order valence-electron chi connectivity index (χ0n) is 18.7. The first kappa shape index (κ1) is 21.8. The summed E-state index contributed by atoms with van der Waals surface area (Å²) < 4.78 is 0. The molecule has 166 valence electrons. The minimum absolute atomic E-state index is 0.785. The first-order chi connectivity index (χ1) is 15.1. The number of piperazine rings is 1. The van der Waals surface area contributed by atoms with E-state index in [0.717, 1.165) is 86.2 Å². The third kappa shape index (κ3) is 4.77. The number of hydrogen-bond acceptors (Lipinski definition) is 6. The number of anilines is 2. The van der Waals surface area contributed by atoms with E-state index in [2.05, 4.69) is 67.8 Å². The van der Waals surface area contributed by atoms with Crippen molar-refractivity contribution in [1.29, 1.82) is 0 Å². The van der Waals surface area contributed by atoms with Crippen molar-refractivity contribution in [2.75, 3.05) is 55.6 Å². The Morgan fingerprint density at radius 3 is 2.55 bits per heavy atom. The van der Waals surface area contributed by atoms with E-state index in [-0.39, 0.29) is 0 Å². The molecule has 0 saturated carbocycles. The highest BCUT2D eigenvalue weighted by molar-refractivity contribution is 6.30. The molecule has 8 heteroatoms. The van der Waals surface area contributed by atoms with Crippen molar-refractivity contribution in [1.82, 2.24) is 25.1 Å². The number of halogens is 1. The Morgan fingerprint density at radius 2 is 1.81 bits per heavy atom. The van der Waals surface area contributed by atoms with Crippen molar-refractivity contribution in [3.8, 4) is 0 Å². The highest BCUT2D eigenvalue weighted by atomic mass is 35.5.